The van der Waals surface area contributed by atoms with Gasteiger partial charge in [-0.3, -0.25) is 0 Å². The van der Waals surface area contributed by atoms with E-state index < -0.39 is 0 Å². The summed E-state index contributed by atoms with van der Waals surface area (Å²) in [6, 6.07) is 7.95. The predicted molar refractivity (Wildman–Crippen MR) is 77.6 cm³/mol. The van der Waals surface area contributed by atoms with Crippen molar-refractivity contribution in [2.45, 2.75) is 32.4 Å². The Balaban J connectivity index is 2.53. The standard InChI is InChI=1S/C14H22BrNO2/c1-3-8-17-9-10-18-14(11(2)16)12-6-4-5-7-13(12)15/h4-7,11,14H,3,8-10,16H2,1-2H3. The second kappa shape index (κ2) is 8.64. The lowest BCUT2D eigenvalue weighted by atomic mass is 10.0. The zero-order chi connectivity index (χ0) is 13.4. The van der Waals surface area contributed by atoms with Crippen LogP contribution in [0.5, 0.6) is 0 Å². The normalized spacial score (nSPS) is 14.4. The molecule has 1 rings (SSSR count). The molecule has 2 unspecified atom stereocenters. The molecular formula is C14H22BrNO2. The lowest BCUT2D eigenvalue weighted by Gasteiger charge is -2.23. The topological polar surface area (TPSA) is 44.5 Å². The number of ether oxygens (including phenoxy) is 2. The molecule has 0 fully saturated rings. The van der Waals surface area contributed by atoms with Gasteiger partial charge in [-0.15, -0.1) is 0 Å². The van der Waals surface area contributed by atoms with Crippen molar-refractivity contribution >= 4 is 15.9 Å². The highest BCUT2D eigenvalue weighted by atomic mass is 79.9. The number of rotatable bonds is 8. The third-order valence-electron chi connectivity index (χ3n) is 2.56. The van der Waals surface area contributed by atoms with Crippen molar-refractivity contribution in [3.8, 4) is 0 Å². The molecule has 102 valence electrons. The summed E-state index contributed by atoms with van der Waals surface area (Å²) in [6.07, 6.45) is 0.923. The van der Waals surface area contributed by atoms with Gasteiger partial charge in [-0.25, -0.2) is 0 Å². The average Bonchev–Trinajstić information content (AvgIpc) is 2.35. The SMILES string of the molecule is CCCOCCOC(c1ccccc1Br)C(C)N. The summed E-state index contributed by atoms with van der Waals surface area (Å²) in [5.74, 6) is 0. The van der Waals surface area contributed by atoms with Crippen LogP contribution in [0.1, 0.15) is 31.9 Å². The molecule has 0 aliphatic carbocycles. The van der Waals surface area contributed by atoms with Crippen LogP contribution in [-0.2, 0) is 9.47 Å². The molecule has 18 heavy (non-hydrogen) atoms. The monoisotopic (exact) mass is 315 g/mol. The van der Waals surface area contributed by atoms with Gasteiger partial charge in [-0.1, -0.05) is 41.1 Å². The van der Waals surface area contributed by atoms with Crippen LogP contribution in [0.15, 0.2) is 28.7 Å². The Morgan fingerprint density at radius 1 is 1.22 bits per heavy atom. The van der Waals surface area contributed by atoms with Crippen LogP contribution in [0, 0.1) is 0 Å². The zero-order valence-corrected chi connectivity index (χ0v) is 12.7. The van der Waals surface area contributed by atoms with Crippen LogP contribution in [-0.4, -0.2) is 25.9 Å². The van der Waals surface area contributed by atoms with Gasteiger partial charge in [0.15, 0.2) is 0 Å². The summed E-state index contributed by atoms with van der Waals surface area (Å²) < 4.78 is 12.3. The number of halogens is 1. The first kappa shape index (κ1) is 15.6. The van der Waals surface area contributed by atoms with Crippen LogP contribution in [0.3, 0.4) is 0 Å². The molecule has 0 aromatic heterocycles. The van der Waals surface area contributed by atoms with Crippen molar-refractivity contribution in [3.05, 3.63) is 34.3 Å². The third-order valence-corrected chi connectivity index (χ3v) is 3.29. The maximum atomic E-state index is 5.99. The zero-order valence-electron chi connectivity index (χ0n) is 11.1. The van der Waals surface area contributed by atoms with E-state index in [2.05, 4.69) is 22.9 Å². The maximum Gasteiger partial charge on any atom is 0.0985 e. The van der Waals surface area contributed by atoms with Gasteiger partial charge >= 0.3 is 0 Å². The van der Waals surface area contributed by atoms with Crippen molar-refractivity contribution in [2.24, 2.45) is 5.73 Å². The Hall–Kier alpha value is -0.420. The summed E-state index contributed by atoms with van der Waals surface area (Å²) in [7, 11) is 0. The van der Waals surface area contributed by atoms with E-state index in [4.69, 9.17) is 15.2 Å². The maximum absolute atomic E-state index is 5.99. The van der Waals surface area contributed by atoms with Gasteiger partial charge in [-0.2, -0.15) is 0 Å². The predicted octanol–water partition coefficient (Wildman–Crippen LogP) is 3.28. The number of nitrogens with two attached hydrogens (primary N) is 1. The summed E-state index contributed by atoms with van der Waals surface area (Å²) in [4.78, 5) is 0. The lowest BCUT2D eigenvalue weighted by molar-refractivity contribution is -0.00501. The van der Waals surface area contributed by atoms with Gasteiger partial charge < -0.3 is 15.2 Å². The quantitative estimate of drug-likeness (QED) is 0.749. The van der Waals surface area contributed by atoms with E-state index in [0.29, 0.717) is 13.2 Å². The molecule has 0 amide bonds. The number of hydrogen-bond donors (Lipinski definition) is 1. The second-order valence-electron chi connectivity index (χ2n) is 4.28. The van der Waals surface area contributed by atoms with Gasteiger partial charge in [0.05, 0.1) is 19.3 Å². The average molecular weight is 316 g/mol. The minimum Gasteiger partial charge on any atom is -0.379 e. The minimum absolute atomic E-state index is 0.0603. The molecule has 0 aliphatic rings. The van der Waals surface area contributed by atoms with Crippen LogP contribution in [0.4, 0.5) is 0 Å². The lowest BCUT2D eigenvalue weighted by Crippen LogP contribution is -2.28. The van der Waals surface area contributed by atoms with Crippen molar-refractivity contribution in [1.29, 1.82) is 0 Å². The molecule has 0 radical (unpaired) electrons. The van der Waals surface area contributed by atoms with Gasteiger partial charge in [0, 0.05) is 17.1 Å². The first-order valence-electron chi connectivity index (χ1n) is 6.36. The summed E-state index contributed by atoms with van der Waals surface area (Å²) in [5, 5.41) is 0. The van der Waals surface area contributed by atoms with Crippen molar-refractivity contribution in [3.63, 3.8) is 0 Å². The second-order valence-corrected chi connectivity index (χ2v) is 5.14. The first-order valence-corrected chi connectivity index (χ1v) is 7.15. The molecule has 0 spiro atoms. The van der Waals surface area contributed by atoms with E-state index >= 15 is 0 Å². The Bertz CT molecular complexity index is 344. The molecule has 1 aromatic carbocycles. The van der Waals surface area contributed by atoms with Crippen LogP contribution in [0.25, 0.3) is 0 Å². The van der Waals surface area contributed by atoms with Gasteiger partial charge in [-0.05, 0) is 25.0 Å². The number of hydrogen-bond acceptors (Lipinski definition) is 3. The van der Waals surface area contributed by atoms with E-state index in [0.717, 1.165) is 23.1 Å². The molecule has 0 bridgehead atoms. The fourth-order valence-electron chi connectivity index (χ4n) is 1.71. The Kier molecular flexibility index (Phi) is 7.51. The van der Waals surface area contributed by atoms with E-state index in [9.17, 15) is 0 Å². The molecule has 0 aliphatic heterocycles. The Morgan fingerprint density at radius 3 is 2.56 bits per heavy atom. The molecule has 2 atom stereocenters. The van der Waals surface area contributed by atoms with E-state index in [-0.39, 0.29) is 12.1 Å². The highest BCUT2D eigenvalue weighted by molar-refractivity contribution is 9.10. The fraction of sp³-hybridized carbons (Fsp3) is 0.571. The molecule has 4 heteroatoms. The van der Waals surface area contributed by atoms with Gasteiger partial charge in [0.2, 0.25) is 0 Å². The molecular weight excluding hydrogens is 294 g/mol. The Labute approximate surface area is 118 Å². The first-order chi connectivity index (χ1) is 8.66. The summed E-state index contributed by atoms with van der Waals surface area (Å²) >= 11 is 3.53. The fourth-order valence-corrected chi connectivity index (χ4v) is 2.22. The highest BCUT2D eigenvalue weighted by Gasteiger charge is 2.18. The number of benzene rings is 1. The van der Waals surface area contributed by atoms with E-state index in [1.54, 1.807) is 0 Å². The smallest absolute Gasteiger partial charge is 0.0985 e. The van der Waals surface area contributed by atoms with E-state index in [1.807, 2.05) is 31.2 Å². The van der Waals surface area contributed by atoms with Crippen molar-refractivity contribution < 1.29 is 9.47 Å². The van der Waals surface area contributed by atoms with Crippen molar-refractivity contribution in [2.75, 3.05) is 19.8 Å². The largest absolute Gasteiger partial charge is 0.379 e. The summed E-state index contributed by atoms with van der Waals surface area (Å²) in [6.45, 7) is 6.00. The third kappa shape index (κ3) is 5.06. The molecule has 0 saturated heterocycles. The van der Waals surface area contributed by atoms with Gasteiger partial charge in [0.1, 0.15) is 0 Å². The summed E-state index contributed by atoms with van der Waals surface area (Å²) in [5.41, 5.74) is 7.08. The van der Waals surface area contributed by atoms with Crippen LogP contribution >= 0.6 is 15.9 Å². The van der Waals surface area contributed by atoms with Gasteiger partial charge in [0.25, 0.3) is 0 Å². The molecule has 0 saturated carbocycles. The van der Waals surface area contributed by atoms with Crippen LogP contribution < -0.4 is 5.73 Å². The minimum atomic E-state index is -0.106. The molecule has 2 N–H and O–H groups in total. The molecule has 0 heterocycles. The molecule has 3 nitrogen and oxygen atoms in total. The van der Waals surface area contributed by atoms with Crippen LogP contribution in [0.2, 0.25) is 0 Å². The van der Waals surface area contributed by atoms with Crippen molar-refractivity contribution in [1.82, 2.24) is 0 Å². The highest BCUT2D eigenvalue weighted by Crippen LogP contribution is 2.27. The molecule has 1 aromatic rings. The van der Waals surface area contributed by atoms with E-state index in [1.165, 1.54) is 0 Å². The Morgan fingerprint density at radius 2 is 1.94 bits per heavy atom.